The van der Waals surface area contributed by atoms with Crippen LogP contribution in [0.1, 0.15) is 15.9 Å². The van der Waals surface area contributed by atoms with Crippen molar-refractivity contribution in [2.75, 3.05) is 4.90 Å². The first-order chi connectivity index (χ1) is 9.56. The van der Waals surface area contributed by atoms with E-state index < -0.39 is 17.5 Å². The molecule has 6 heteroatoms. The Morgan fingerprint density at radius 1 is 1.20 bits per heavy atom. The summed E-state index contributed by atoms with van der Waals surface area (Å²) in [7, 11) is 0. The zero-order valence-corrected chi connectivity index (χ0v) is 10.9. The van der Waals surface area contributed by atoms with Gasteiger partial charge >= 0.3 is 0 Å². The number of nitrogens with zero attached hydrogens (tertiary/aromatic N) is 2. The predicted molar refractivity (Wildman–Crippen MR) is 71.2 cm³/mol. The molecular formula is C14H8ClFN2O2. The summed E-state index contributed by atoms with van der Waals surface area (Å²) in [5.74, 6) is -1.72. The first-order valence-corrected chi connectivity index (χ1v) is 6.19. The molecule has 1 aromatic heterocycles. The van der Waals surface area contributed by atoms with Gasteiger partial charge in [-0.05, 0) is 29.8 Å². The highest BCUT2D eigenvalue weighted by molar-refractivity contribution is 6.52. The molecule has 0 spiro atoms. The van der Waals surface area contributed by atoms with Crippen LogP contribution in [0, 0.1) is 5.82 Å². The number of Topliss-reactive ketones (excluding diaryl/α,β-unsaturated/α-hetero) is 1. The molecule has 0 unspecified atom stereocenters. The molecule has 0 bridgehead atoms. The third-order valence-electron chi connectivity index (χ3n) is 3.04. The van der Waals surface area contributed by atoms with Crippen LogP contribution in [0.2, 0.25) is 5.02 Å². The quantitative estimate of drug-likeness (QED) is 0.799. The Balaban J connectivity index is 2.01. The first-order valence-electron chi connectivity index (χ1n) is 5.81. The van der Waals surface area contributed by atoms with E-state index in [9.17, 15) is 14.0 Å². The summed E-state index contributed by atoms with van der Waals surface area (Å²) in [5.41, 5.74) is 1.25. The van der Waals surface area contributed by atoms with Gasteiger partial charge in [0.2, 0.25) is 0 Å². The minimum atomic E-state index is -0.647. The molecule has 0 saturated carbocycles. The number of anilines is 1. The molecule has 0 fully saturated rings. The van der Waals surface area contributed by atoms with E-state index in [0.29, 0.717) is 21.8 Å². The van der Waals surface area contributed by atoms with Crippen molar-refractivity contribution >= 4 is 29.0 Å². The highest BCUT2D eigenvalue weighted by Gasteiger charge is 2.35. The maximum absolute atomic E-state index is 13.1. The molecule has 20 heavy (non-hydrogen) atoms. The summed E-state index contributed by atoms with van der Waals surface area (Å²) in [5, 5.41) is 0.425. The number of amides is 1. The molecule has 0 aliphatic carbocycles. The monoisotopic (exact) mass is 290 g/mol. The third kappa shape index (κ3) is 2.06. The second kappa shape index (κ2) is 4.68. The van der Waals surface area contributed by atoms with Crippen LogP contribution in [0.5, 0.6) is 0 Å². The lowest BCUT2D eigenvalue weighted by Gasteiger charge is -2.16. The summed E-state index contributed by atoms with van der Waals surface area (Å²) in [4.78, 5) is 28.8. The molecule has 0 radical (unpaired) electrons. The topological polar surface area (TPSA) is 50.3 Å². The van der Waals surface area contributed by atoms with Crippen molar-refractivity contribution in [1.29, 1.82) is 0 Å². The molecule has 0 saturated heterocycles. The third-order valence-corrected chi connectivity index (χ3v) is 3.27. The van der Waals surface area contributed by atoms with Crippen LogP contribution in [-0.2, 0) is 11.3 Å². The fourth-order valence-corrected chi connectivity index (χ4v) is 2.32. The van der Waals surface area contributed by atoms with Crippen molar-refractivity contribution in [1.82, 2.24) is 4.98 Å². The highest BCUT2D eigenvalue weighted by atomic mass is 35.5. The minimum Gasteiger partial charge on any atom is -0.300 e. The maximum atomic E-state index is 13.1. The summed E-state index contributed by atoms with van der Waals surface area (Å²) >= 11 is 5.89. The van der Waals surface area contributed by atoms with Crippen molar-refractivity contribution in [3.05, 3.63) is 58.6 Å². The average molecular weight is 291 g/mol. The van der Waals surface area contributed by atoms with Gasteiger partial charge in [-0.3, -0.25) is 14.6 Å². The van der Waals surface area contributed by atoms with Gasteiger partial charge in [-0.1, -0.05) is 11.6 Å². The van der Waals surface area contributed by atoms with Gasteiger partial charge in [0.25, 0.3) is 11.7 Å². The number of hydrogen-bond donors (Lipinski definition) is 0. The van der Waals surface area contributed by atoms with Gasteiger partial charge in [-0.25, -0.2) is 4.39 Å². The molecule has 1 aliphatic heterocycles. The Labute approximate surface area is 118 Å². The normalized spacial score (nSPS) is 13.8. The second-order valence-corrected chi connectivity index (χ2v) is 4.83. The van der Waals surface area contributed by atoms with E-state index >= 15 is 0 Å². The minimum absolute atomic E-state index is 0.0721. The molecule has 0 atom stereocenters. The molecule has 1 aromatic carbocycles. The van der Waals surface area contributed by atoms with E-state index in [1.807, 2.05) is 0 Å². The molecule has 4 nitrogen and oxygen atoms in total. The fraction of sp³-hybridized carbons (Fsp3) is 0.0714. The van der Waals surface area contributed by atoms with Crippen molar-refractivity contribution in [3.63, 3.8) is 0 Å². The van der Waals surface area contributed by atoms with Crippen molar-refractivity contribution in [2.45, 2.75) is 6.54 Å². The average Bonchev–Trinajstić information content (AvgIpc) is 2.64. The second-order valence-electron chi connectivity index (χ2n) is 4.39. The lowest BCUT2D eigenvalue weighted by molar-refractivity contribution is -0.114. The number of pyridine rings is 1. The number of hydrogen-bond acceptors (Lipinski definition) is 3. The Kier molecular flexibility index (Phi) is 2.99. The summed E-state index contributed by atoms with van der Waals surface area (Å²) < 4.78 is 13.1. The van der Waals surface area contributed by atoms with Crippen LogP contribution in [-0.4, -0.2) is 16.7 Å². The molecule has 1 amide bonds. The zero-order chi connectivity index (χ0) is 14.3. The largest absolute Gasteiger partial charge is 0.300 e. The summed E-state index contributed by atoms with van der Waals surface area (Å²) in [6.07, 6.45) is 2.52. The Bertz CT molecular complexity index is 733. The lowest BCUT2D eigenvalue weighted by Crippen LogP contribution is -2.29. The van der Waals surface area contributed by atoms with Crippen LogP contribution >= 0.6 is 11.6 Å². The molecule has 2 aromatic rings. The number of ketones is 1. The summed E-state index contributed by atoms with van der Waals surface area (Å²) in [6, 6.07) is 5.89. The number of halogens is 2. The molecule has 100 valence electrons. The number of rotatable bonds is 2. The van der Waals surface area contributed by atoms with Crippen LogP contribution in [0.25, 0.3) is 0 Å². The standard InChI is InChI=1S/C14H8ClFN2O2/c15-9-1-2-11-12(4-9)18(14(20)13(11)19)7-8-3-10(16)6-17-5-8/h1-6H,7H2. The highest BCUT2D eigenvalue weighted by Crippen LogP contribution is 2.32. The van der Waals surface area contributed by atoms with Gasteiger partial charge in [0.05, 0.1) is 24.0 Å². The molecule has 3 rings (SSSR count). The zero-order valence-electron chi connectivity index (χ0n) is 10.1. The van der Waals surface area contributed by atoms with E-state index in [0.717, 1.165) is 6.20 Å². The van der Waals surface area contributed by atoms with E-state index in [-0.39, 0.29) is 6.54 Å². The Morgan fingerprint density at radius 3 is 2.75 bits per heavy atom. The number of carbonyl (C=O) groups excluding carboxylic acids is 2. The van der Waals surface area contributed by atoms with Crippen LogP contribution in [0.4, 0.5) is 10.1 Å². The summed E-state index contributed by atoms with van der Waals surface area (Å²) in [6.45, 7) is 0.0721. The van der Waals surface area contributed by atoms with E-state index in [2.05, 4.69) is 4.98 Å². The smallest absolute Gasteiger partial charge is 0.299 e. The maximum Gasteiger partial charge on any atom is 0.299 e. The molecule has 2 heterocycles. The molecule has 1 aliphatic rings. The van der Waals surface area contributed by atoms with E-state index in [4.69, 9.17) is 11.6 Å². The van der Waals surface area contributed by atoms with Gasteiger partial charge in [-0.2, -0.15) is 0 Å². The first kappa shape index (κ1) is 12.7. The SMILES string of the molecule is O=C1C(=O)N(Cc2cncc(F)c2)c2cc(Cl)ccc21. The van der Waals surface area contributed by atoms with E-state index in [1.54, 1.807) is 12.1 Å². The van der Waals surface area contributed by atoms with E-state index in [1.165, 1.54) is 23.2 Å². The number of carbonyl (C=O) groups is 2. The van der Waals surface area contributed by atoms with Gasteiger partial charge in [-0.15, -0.1) is 0 Å². The lowest BCUT2D eigenvalue weighted by atomic mass is 10.1. The van der Waals surface area contributed by atoms with Gasteiger partial charge in [0.15, 0.2) is 0 Å². The Hall–Kier alpha value is -2.27. The van der Waals surface area contributed by atoms with Crippen LogP contribution < -0.4 is 4.90 Å². The van der Waals surface area contributed by atoms with Crippen molar-refractivity contribution in [2.24, 2.45) is 0 Å². The molecule has 0 N–H and O–H groups in total. The van der Waals surface area contributed by atoms with Crippen LogP contribution in [0.15, 0.2) is 36.7 Å². The number of aromatic nitrogens is 1. The fourth-order valence-electron chi connectivity index (χ4n) is 2.15. The molecular weight excluding hydrogens is 283 g/mol. The van der Waals surface area contributed by atoms with Crippen molar-refractivity contribution in [3.8, 4) is 0 Å². The van der Waals surface area contributed by atoms with Crippen molar-refractivity contribution < 1.29 is 14.0 Å². The van der Waals surface area contributed by atoms with Crippen LogP contribution in [0.3, 0.4) is 0 Å². The van der Waals surface area contributed by atoms with Gasteiger partial charge in [0, 0.05) is 11.2 Å². The number of fused-ring (bicyclic) bond motifs is 1. The predicted octanol–water partition coefficient (Wildman–Crippen LogP) is 2.60. The number of benzene rings is 1. The Morgan fingerprint density at radius 2 is 2.00 bits per heavy atom. The van der Waals surface area contributed by atoms with Gasteiger partial charge < -0.3 is 4.90 Å². The van der Waals surface area contributed by atoms with Gasteiger partial charge in [0.1, 0.15) is 5.82 Å².